The zero-order valence-electron chi connectivity index (χ0n) is 23.6. The molecule has 1 saturated carbocycles. The maximum Gasteiger partial charge on any atom is 0.280 e. The highest BCUT2D eigenvalue weighted by atomic mass is 32.2. The first kappa shape index (κ1) is 29.4. The number of thiazole rings is 1. The van der Waals surface area contributed by atoms with E-state index in [0.717, 1.165) is 38.2 Å². The van der Waals surface area contributed by atoms with Crippen molar-refractivity contribution < 1.29 is 13.8 Å². The van der Waals surface area contributed by atoms with E-state index in [9.17, 15) is 13.8 Å². The molecule has 1 aliphatic rings. The van der Waals surface area contributed by atoms with Crippen LogP contribution in [0.3, 0.4) is 0 Å². The molecule has 1 heterocycles. The van der Waals surface area contributed by atoms with Gasteiger partial charge in [0.15, 0.2) is 5.01 Å². The molecule has 0 spiro atoms. The Morgan fingerprint density at radius 1 is 1.03 bits per heavy atom. The van der Waals surface area contributed by atoms with E-state index in [1.165, 1.54) is 43.4 Å². The lowest BCUT2D eigenvalue weighted by Crippen LogP contribution is -2.42. The van der Waals surface area contributed by atoms with Gasteiger partial charge < -0.3 is 11.1 Å². The van der Waals surface area contributed by atoms with Crippen LogP contribution in [-0.4, -0.2) is 33.1 Å². The Labute approximate surface area is 238 Å². The lowest BCUT2D eigenvalue weighted by Gasteiger charge is -2.22. The van der Waals surface area contributed by atoms with Crippen LogP contribution in [0.2, 0.25) is 0 Å². The largest absolute Gasteiger partial charge is 0.369 e. The van der Waals surface area contributed by atoms with Crippen LogP contribution >= 0.6 is 11.3 Å². The Kier molecular flexibility index (Phi) is 8.93. The molecule has 39 heavy (non-hydrogen) atoms. The number of carbonyl (C=O) groups excluding carboxylic acids is 2. The van der Waals surface area contributed by atoms with Crippen LogP contribution in [0, 0.1) is 11.3 Å². The standard InChI is InChI=1S/C30H40N4O3S2/c1-29(2,3)34-39(37)24-16-15-22(20-13-9-10-14-21(20)24)25-23(17-19-11-7-6-8-12-19)33-27(38-25)26(35)32-18-30(4,5)28(31)36/h9-10,13-16,19,34H,6-8,11-12,17-18H2,1-5H3,(H2,31,36)(H,32,35). The number of rotatable bonds is 9. The first-order valence-electron chi connectivity index (χ1n) is 13.7. The molecule has 1 unspecified atom stereocenters. The van der Waals surface area contributed by atoms with Crippen molar-refractivity contribution in [1.29, 1.82) is 0 Å². The minimum atomic E-state index is -1.38. The average Bonchev–Trinajstić information content (AvgIpc) is 3.29. The van der Waals surface area contributed by atoms with E-state index >= 15 is 0 Å². The molecule has 1 aromatic heterocycles. The fourth-order valence-electron chi connectivity index (χ4n) is 4.89. The van der Waals surface area contributed by atoms with Gasteiger partial charge in [-0.05, 0) is 63.8 Å². The third-order valence-electron chi connectivity index (χ3n) is 7.18. The smallest absolute Gasteiger partial charge is 0.280 e. The van der Waals surface area contributed by atoms with Crippen molar-refractivity contribution in [2.24, 2.45) is 17.1 Å². The molecule has 7 nitrogen and oxygen atoms in total. The number of hydrogen-bond donors (Lipinski definition) is 3. The molecule has 0 saturated heterocycles. The van der Waals surface area contributed by atoms with Crippen LogP contribution in [0.25, 0.3) is 21.2 Å². The first-order valence-corrected chi connectivity index (χ1v) is 15.6. The number of aromatic nitrogens is 1. The minimum absolute atomic E-state index is 0.137. The topological polar surface area (TPSA) is 114 Å². The summed E-state index contributed by atoms with van der Waals surface area (Å²) in [6.07, 6.45) is 6.88. The fraction of sp³-hybridized carbons (Fsp3) is 0.500. The van der Waals surface area contributed by atoms with Crippen molar-refractivity contribution in [3.8, 4) is 10.4 Å². The first-order chi connectivity index (χ1) is 18.4. The number of nitrogens with two attached hydrogens (primary N) is 1. The molecule has 9 heteroatoms. The monoisotopic (exact) mass is 568 g/mol. The molecule has 1 atom stereocenters. The maximum atomic E-state index is 13.3. The third kappa shape index (κ3) is 7.13. The number of carbonyl (C=O) groups is 2. The van der Waals surface area contributed by atoms with Crippen LogP contribution in [0.4, 0.5) is 0 Å². The Bertz CT molecular complexity index is 1380. The molecule has 0 aliphatic heterocycles. The van der Waals surface area contributed by atoms with Crippen molar-refractivity contribution in [1.82, 2.24) is 15.0 Å². The molecule has 2 aromatic carbocycles. The van der Waals surface area contributed by atoms with Gasteiger partial charge in [0.05, 0.1) is 20.9 Å². The summed E-state index contributed by atoms with van der Waals surface area (Å²) in [5.74, 6) is -0.231. The summed E-state index contributed by atoms with van der Waals surface area (Å²) in [5.41, 5.74) is 6.25. The van der Waals surface area contributed by atoms with Gasteiger partial charge in [-0.2, -0.15) is 0 Å². The second kappa shape index (κ2) is 11.9. The van der Waals surface area contributed by atoms with Crippen molar-refractivity contribution >= 4 is 44.9 Å². The molecule has 4 rings (SSSR count). The Morgan fingerprint density at radius 2 is 1.69 bits per heavy atom. The van der Waals surface area contributed by atoms with Crippen LogP contribution in [0.1, 0.15) is 82.2 Å². The lowest BCUT2D eigenvalue weighted by molar-refractivity contribution is -0.125. The summed E-state index contributed by atoms with van der Waals surface area (Å²) in [5, 5.41) is 5.13. The number of hydrogen-bond acceptors (Lipinski definition) is 5. The van der Waals surface area contributed by atoms with Gasteiger partial charge in [0, 0.05) is 17.6 Å². The number of benzene rings is 2. The summed E-state index contributed by atoms with van der Waals surface area (Å²) in [6.45, 7) is 9.54. The third-order valence-corrected chi connectivity index (χ3v) is 9.87. The molecule has 2 amide bonds. The second-order valence-electron chi connectivity index (χ2n) is 12.2. The molecule has 1 aliphatic carbocycles. The number of nitrogens with one attached hydrogen (secondary N) is 2. The summed E-state index contributed by atoms with van der Waals surface area (Å²) >= 11 is 1.38. The van der Waals surface area contributed by atoms with Gasteiger partial charge >= 0.3 is 0 Å². The van der Waals surface area contributed by atoms with E-state index in [-0.39, 0.29) is 18.0 Å². The predicted octanol–water partition coefficient (Wildman–Crippen LogP) is 5.74. The van der Waals surface area contributed by atoms with Crippen molar-refractivity contribution in [2.75, 3.05) is 6.54 Å². The summed E-state index contributed by atoms with van der Waals surface area (Å²) in [6, 6.07) is 11.9. The Hall–Kier alpha value is -2.62. The van der Waals surface area contributed by atoms with Crippen LogP contribution in [0.5, 0.6) is 0 Å². The van der Waals surface area contributed by atoms with E-state index in [2.05, 4.69) is 10.0 Å². The van der Waals surface area contributed by atoms with Crippen molar-refractivity contribution in [3.63, 3.8) is 0 Å². The van der Waals surface area contributed by atoms with Gasteiger partial charge in [-0.25, -0.2) is 13.9 Å². The zero-order chi connectivity index (χ0) is 28.4. The summed E-state index contributed by atoms with van der Waals surface area (Å²) in [4.78, 5) is 31.5. The highest BCUT2D eigenvalue weighted by Crippen LogP contribution is 2.39. The predicted molar refractivity (Wildman–Crippen MR) is 160 cm³/mol. The van der Waals surface area contributed by atoms with E-state index in [0.29, 0.717) is 10.9 Å². The quantitative estimate of drug-likeness (QED) is 0.305. The summed E-state index contributed by atoms with van der Waals surface area (Å²) in [7, 11) is -1.38. The van der Waals surface area contributed by atoms with E-state index in [4.69, 9.17) is 10.7 Å². The minimum Gasteiger partial charge on any atom is -0.369 e. The van der Waals surface area contributed by atoms with Crippen LogP contribution in [-0.2, 0) is 22.2 Å². The van der Waals surface area contributed by atoms with Gasteiger partial charge in [-0.15, -0.1) is 11.3 Å². The molecule has 0 radical (unpaired) electrons. The van der Waals surface area contributed by atoms with Gasteiger partial charge in [0.1, 0.15) is 11.0 Å². The van der Waals surface area contributed by atoms with E-state index < -0.39 is 22.3 Å². The van der Waals surface area contributed by atoms with Gasteiger partial charge in [0.25, 0.3) is 5.91 Å². The fourth-order valence-corrected chi connectivity index (χ4v) is 7.17. The van der Waals surface area contributed by atoms with Crippen molar-refractivity contribution in [2.45, 2.75) is 83.6 Å². The maximum absolute atomic E-state index is 13.3. The normalized spacial score (nSPS) is 15.8. The molecular weight excluding hydrogens is 528 g/mol. The molecule has 3 aromatic rings. The molecule has 210 valence electrons. The Balaban J connectivity index is 1.75. The highest BCUT2D eigenvalue weighted by Gasteiger charge is 2.28. The molecular formula is C30H40N4O3S2. The van der Waals surface area contributed by atoms with Gasteiger partial charge in [-0.3, -0.25) is 9.59 Å². The van der Waals surface area contributed by atoms with Crippen molar-refractivity contribution in [3.05, 3.63) is 47.1 Å². The van der Waals surface area contributed by atoms with E-state index in [1.54, 1.807) is 13.8 Å². The van der Waals surface area contributed by atoms with Crippen LogP contribution in [0.15, 0.2) is 41.3 Å². The van der Waals surface area contributed by atoms with E-state index in [1.807, 2.05) is 57.2 Å². The van der Waals surface area contributed by atoms with Gasteiger partial charge in [-0.1, -0.05) is 62.4 Å². The number of fused-ring (bicyclic) bond motifs is 1. The molecule has 1 fully saturated rings. The zero-order valence-corrected chi connectivity index (χ0v) is 25.2. The number of primary amides is 1. The SMILES string of the molecule is CC(C)(C)NS(=O)c1ccc(-c2sc(C(=O)NCC(C)(C)C(N)=O)nc2CC2CCCCC2)c2ccccc12. The molecule has 0 bridgehead atoms. The molecule has 4 N–H and O–H groups in total. The summed E-state index contributed by atoms with van der Waals surface area (Å²) < 4.78 is 16.4. The number of nitrogens with zero attached hydrogens (tertiary/aromatic N) is 1. The second-order valence-corrected chi connectivity index (χ2v) is 14.4. The highest BCUT2D eigenvalue weighted by molar-refractivity contribution is 7.83. The average molecular weight is 569 g/mol. The van der Waals surface area contributed by atoms with Crippen LogP contribution < -0.4 is 15.8 Å². The Morgan fingerprint density at radius 3 is 2.33 bits per heavy atom. The lowest BCUT2D eigenvalue weighted by atomic mass is 9.85. The number of amides is 2. The van der Waals surface area contributed by atoms with Gasteiger partial charge in [0.2, 0.25) is 5.91 Å².